The van der Waals surface area contributed by atoms with Crippen LogP contribution in [0.25, 0.3) is 0 Å². The van der Waals surface area contributed by atoms with E-state index in [1.165, 1.54) is 0 Å². The SMILES string of the molecule is O=C(c1ccsc1)N1CCC2(CC1)C[C@H](N1CCN(c3ccccn3)CC1)CCO2. The second-order valence-electron chi connectivity index (χ2n) is 8.69. The molecule has 1 amide bonds. The van der Waals surface area contributed by atoms with E-state index in [2.05, 4.69) is 26.9 Å². The molecule has 5 rings (SSSR count). The average Bonchev–Trinajstić information content (AvgIpc) is 3.35. The lowest BCUT2D eigenvalue weighted by Gasteiger charge is -2.49. The van der Waals surface area contributed by atoms with Crippen LogP contribution in [0.4, 0.5) is 5.82 Å². The first-order valence-corrected chi connectivity index (χ1v) is 12.0. The number of likely N-dealkylation sites (tertiary alicyclic amines) is 1. The topological polar surface area (TPSA) is 48.9 Å². The summed E-state index contributed by atoms with van der Waals surface area (Å²) in [6, 6.07) is 8.65. The van der Waals surface area contributed by atoms with Gasteiger partial charge in [0, 0.05) is 63.5 Å². The van der Waals surface area contributed by atoms with Gasteiger partial charge in [-0.05, 0) is 49.3 Å². The Balaban J connectivity index is 1.15. The number of anilines is 1. The zero-order valence-corrected chi connectivity index (χ0v) is 18.2. The number of piperidine rings is 1. The van der Waals surface area contributed by atoms with Crippen molar-refractivity contribution >= 4 is 23.1 Å². The number of ether oxygens (including phenoxy) is 1. The lowest BCUT2D eigenvalue weighted by molar-refractivity contribution is -0.130. The Morgan fingerprint density at radius 3 is 2.63 bits per heavy atom. The normalized spacial score (nSPS) is 24.9. The fourth-order valence-corrected chi connectivity index (χ4v) is 5.83. The Morgan fingerprint density at radius 2 is 1.93 bits per heavy atom. The van der Waals surface area contributed by atoms with Gasteiger partial charge in [0.2, 0.25) is 0 Å². The van der Waals surface area contributed by atoms with Crippen LogP contribution in [0.15, 0.2) is 41.2 Å². The molecule has 7 heteroatoms. The Labute approximate surface area is 182 Å². The predicted molar refractivity (Wildman–Crippen MR) is 119 cm³/mol. The quantitative estimate of drug-likeness (QED) is 0.755. The number of aromatic nitrogens is 1. The highest BCUT2D eigenvalue weighted by molar-refractivity contribution is 7.08. The molecule has 5 heterocycles. The van der Waals surface area contributed by atoms with Crippen LogP contribution in [0.5, 0.6) is 0 Å². The number of carbonyl (C=O) groups is 1. The first-order chi connectivity index (χ1) is 14.7. The minimum absolute atomic E-state index is 0.0491. The van der Waals surface area contributed by atoms with E-state index >= 15 is 0 Å². The fraction of sp³-hybridized carbons (Fsp3) is 0.565. The number of amides is 1. The Morgan fingerprint density at radius 1 is 1.10 bits per heavy atom. The third kappa shape index (κ3) is 4.11. The molecule has 160 valence electrons. The molecule has 3 saturated heterocycles. The van der Waals surface area contributed by atoms with Crippen molar-refractivity contribution in [3.8, 4) is 0 Å². The first-order valence-electron chi connectivity index (χ1n) is 11.1. The summed E-state index contributed by atoms with van der Waals surface area (Å²) in [6.45, 7) is 6.67. The van der Waals surface area contributed by atoms with Gasteiger partial charge in [0.25, 0.3) is 5.91 Å². The van der Waals surface area contributed by atoms with Crippen molar-refractivity contribution in [2.75, 3.05) is 50.8 Å². The zero-order chi connectivity index (χ0) is 20.4. The number of nitrogens with zero attached hydrogens (tertiary/aromatic N) is 4. The van der Waals surface area contributed by atoms with E-state index in [9.17, 15) is 4.79 Å². The van der Waals surface area contributed by atoms with Crippen LogP contribution in [0.1, 0.15) is 36.0 Å². The van der Waals surface area contributed by atoms with E-state index in [0.29, 0.717) is 6.04 Å². The van der Waals surface area contributed by atoms with E-state index in [-0.39, 0.29) is 11.5 Å². The molecular weight excluding hydrogens is 396 g/mol. The molecule has 3 fully saturated rings. The molecule has 0 unspecified atom stereocenters. The highest BCUT2D eigenvalue weighted by atomic mass is 32.1. The first kappa shape index (κ1) is 20.0. The van der Waals surface area contributed by atoms with Crippen LogP contribution in [0.3, 0.4) is 0 Å². The molecule has 0 radical (unpaired) electrons. The molecule has 3 aliphatic rings. The van der Waals surface area contributed by atoms with E-state index in [1.54, 1.807) is 11.3 Å². The van der Waals surface area contributed by atoms with E-state index < -0.39 is 0 Å². The Hall–Kier alpha value is -1.96. The monoisotopic (exact) mass is 426 g/mol. The molecule has 0 saturated carbocycles. The number of thiophene rings is 1. The van der Waals surface area contributed by atoms with Crippen LogP contribution in [0.2, 0.25) is 0 Å². The van der Waals surface area contributed by atoms with Crippen molar-refractivity contribution in [3.63, 3.8) is 0 Å². The van der Waals surface area contributed by atoms with Gasteiger partial charge in [-0.3, -0.25) is 9.69 Å². The van der Waals surface area contributed by atoms with Crippen molar-refractivity contribution in [1.29, 1.82) is 0 Å². The number of hydrogen-bond acceptors (Lipinski definition) is 6. The third-order valence-corrected chi connectivity index (χ3v) is 7.68. The molecule has 30 heavy (non-hydrogen) atoms. The highest BCUT2D eigenvalue weighted by Gasteiger charge is 2.43. The molecule has 0 bridgehead atoms. The molecule has 0 N–H and O–H groups in total. The average molecular weight is 427 g/mol. The molecular formula is C23H30N4O2S. The Kier molecular flexibility index (Phi) is 5.76. The van der Waals surface area contributed by atoms with Crippen molar-refractivity contribution in [2.24, 2.45) is 0 Å². The van der Waals surface area contributed by atoms with E-state index in [4.69, 9.17) is 4.74 Å². The minimum Gasteiger partial charge on any atom is -0.375 e. The smallest absolute Gasteiger partial charge is 0.254 e. The number of pyridine rings is 1. The number of carbonyl (C=O) groups excluding carboxylic acids is 1. The molecule has 0 aromatic carbocycles. The second-order valence-corrected chi connectivity index (χ2v) is 9.47. The van der Waals surface area contributed by atoms with Gasteiger partial charge in [0.15, 0.2) is 0 Å². The molecule has 6 nitrogen and oxygen atoms in total. The largest absolute Gasteiger partial charge is 0.375 e. The van der Waals surface area contributed by atoms with Crippen LogP contribution >= 0.6 is 11.3 Å². The minimum atomic E-state index is -0.0491. The maximum Gasteiger partial charge on any atom is 0.254 e. The van der Waals surface area contributed by atoms with Gasteiger partial charge >= 0.3 is 0 Å². The maximum absolute atomic E-state index is 12.7. The fourth-order valence-electron chi connectivity index (χ4n) is 5.21. The number of piperazine rings is 1. The number of rotatable bonds is 3. The van der Waals surface area contributed by atoms with Crippen molar-refractivity contribution in [2.45, 2.75) is 37.3 Å². The summed E-state index contributed by atoms with van der Waals surface area (Å²) in [5.41, 5.74) is 0.774. The van der Waals surface area contributed by atoms with E-state index in [0.717, 1.165) is 82.9 Å². The Bertz CT molecular complexity index is 828. The summed E-state index contributed by atoms with van der Waals surface area (Å²) in [7, 11) is 0. The van der Waals surface area contributed by atoms with Crippen molar-refractivity contribution in [1.82, 2.24) is 14.8 Å². The van der Waals surface area contributed by atoms with Crippen molar-refractivity contribution < 1.29 is 9.53 Å². The second kappa shape index (κ2) is 8.65. The van der Waals surface area contributed by atoms with Gasteiger partial charge in [-0.2, -0.15) is 11.3 Å². The molecule has 1 spiro atoms. The van der Waals surface area contributed by atoms with Gasteiger partial charge in [-0.25, -0.2) is 4.98 Å². The van der Waals surface area contributed by atoms with Gasteiger partial charge in [-0.1, -0.05) is 6.07 Å². The molecule has 2 aromatic rings. The summed E-state index contributed by atoms with van der Waals surface area (Å²) in [5.74, 6) is 1.26. The van der Waals surface area contributed by atoms with Gasteiger partial charge in [0.05, 0.1) is 11.2 Å². The predicted octanol–water partition coefficient (Wildman–Crippen LogP) is 3.12. The lowest BCUT2D eigenvalue weighted by Crippen LogP contribution is -2.57. The van der Waals surface area contributed by atoms with Gasteiger partial charge in [0.1, 0.15) is 5.82 Å². The number of hydrogen-bond donors (Lipinski definition) is 0. The molecule has 3 aliphatic heterocycles. The van der Waals surface area contributed by atoms with E-state index in [1.807, 2.05) is 34.0 Å². The molecule has 2 aromatic heterocycles. The van der Waals surface area contributed by atoms with Gasteiger partial charge in [-0.15, -0.1) is 0 Å². The van der Waals surface area contributed by atoms with Crippen LogP contribution in [-0.2, 0) is 4.74 Å². The van der Waals surface area contributed by atoms with Crippen LogP contribution in [-0.4, -0.2) is 78.2 Å². The zero-order valence-electron chi connectivity index (χ0n) is 17.4. The maximum atomic E-state index is 12.7. The van der Waals surface area contributed by atoms with Crippen molar-refractivity contribution in [3.05, 3.63) is 46.8 Å². The summed E-state index contributed by atoms with van der Waals surface area (Å²) in [6.07, 6.45) is 5.99. The lowest BCUT2D eigenvalue weighted by atomic mass is 9.81. The molecule has 0 aliphatic carbocycles. The molecule has 1 atom stereocenters. The summed E-state index contributed by atoms with van der Waals surface area (Å²) in [4.78, 5) is 24.2. The summed E-state index contributed by atoms with van der Waals surface area (Å²) in [5, 5.41) is 3.92. The summed E-state index contributed by atoms with van der Waals surface area (Å²) >= 11 is 1.58. The van der Waals surface area contributed by atoms with Crippen LogP contribution < -0.4 is 4.90 Å². The van der Waals surface area contributed by atoms with Crippen LogP contribution in [0, 0.1) is 0 Å². The highest BCUT2D eigenvalue weighted by Crippen LogP contribution is 2.37. The summed E-state index contributed by atoms with van der Waals surface area (Å²) < 4.78 is 6.35. The van der Waals surface area contributed by atoms with Gasteiger partial charge < -0.3 is 14.5 Å². The standard InChI is InChI=1S/C23H30N4O2S/c28-22(19-5-16-30-18-19)27-9-6-23(7-10-27)17-20(4-15-29-23)25-11-13-26(14-12-25)21-3-1-2-8-24-21/h1-3,5,8,16,18,20H,4,6-7,9-15,17H2/t20-/m1/s1. The third-order valence-electron chi connectivity index (χ3n) is 7.00.